The van der Waals surface area contributed by atoms with E-state index in [1.807, 2.05) is 35.2 Å². The third-order valence-corrected chi connectivity index (χ3v) is 3.67. The van der Waals surface area contributed by atoms with Gasteiger partial charge in [-0.1, -0.05) is 18.2 Å². The van der Waals surface area contributed by atoms with Crippen molar-refractivity contribution in [1.29, 1.82) is 0 Å². The maximum atomic E-state index is 13.9. The van der Waals surface area contributed by atoms with Crippen molar-refractivity contribution in [1.82, 2.24) is 0 Å². The van der Waals surface area contributed by atoms with Crippen LogP contribution >= 0.6 is 0 Å². The van der Waals surface area contributed by atoms with E-state index in [0.29, 0.717) is 5.56 Å². The number of rotatable bonds is 2. The molecule has 2 aromatic carbocycles. The van der Waals surface area contributed by atoms with Crippen LogP contribution in [0.15, 0.2) is 36.4 Å². The Morgan fingerprint density at radius 1 is 1.10 bits per heavy atom. The van der Waals surface area contributed by atoms with Crippen LogP contribution in [0.3, 0.4) is 0 Å². The Balaban J connectivity index is 2.10. The fraction of sp³-hybridized carbons (Fsp3) is 0.200. The van der Waals surface area contributed by atoms with E-state index in [1.54, 1.807) is 0 Å². The van der Waals surface area contributed by atoms with Crippen molar-refractivity contribution in [3.63, 3.8) is 0 Å². The average molecular weight is 278 g/mol. The van der Waals surface area contributed by atoms with Crippen LogP contribution in [0, 0.1) is 17.5 Å². The van der Waals surface area contributed by atoms with Gasteiger partial charge in [0.05, 0.1) is 6.04 Å². The van der Waals surface area contributed by atoms with Gasteiger partial charge in [-0.2, -0.15) is 0 Å². The molecule has 0 fully saturated rings. The van der Waals surface area contributed by atoms with E-state index < -0.39 is 17.5 Å². The van der Waals surface area contributed by atoms with Crippen LogP contribution in [0.25, 0.3) is 0 Å². The van der Waals surface area contributed by atoms with Crippen LogP contribution in [0.4, 0.5) is 18.9 Å². The molecule has 104 valence electrons. The lowest BCUT2D eigenvalue weighted by Gasteiger charge is -2.26. The number of anilines is 1. The van der Waals surface area contributed by atoms with Gasteiger partial charge < -0.3 is 10.6 Å². The second-order valence-corrected chi connectivity index (χ2v) is 4.77. The van der Waals surface area contributed by atoms with Crippen molar-refractivity contribution >= 4 is 5.69 Å². The number of para-hydroxylation sites is 1. The summed E-state index contributed by atoms with van der Waals surface area (Å²) < 4.78 is 40.6. The lowest BCUT2D eigenvalue weighted by molar-refractivity contribution is 0.441. The Morgan fingerprint density at radius 3 is 2.45 bits per heavy atom. The second-order valence-electron chi connectivity index (χ2n) is 4.77. The minimum Gasteiger partial charge on any atom is -0.359 e. The van der Waals surface area contributed by atoms with Gasteiger partial charge in [-0.3, -0.25) is 0 Å². The lowest BCUT2D eigenvalue weighted by atomic mass is 10.0. The molecule has 0 bridgehead atoms. The predicted octanol–water partition coefficient (Wildman–Crippen LogP) is 3.12. The molecule has 20 heavy (non-hydrogen) atoms. The number of hydrogen-bond donors (Lipinski definition) is 1. The smallest absolute Gasteiger partial charge is 0.194 e. The SMILES string of the molecule is NCC1c2cc(F)c(F)c(F)c2CN1c1ccccc1. The molecule has 1 aliphatic heterocycles. The first-order valence-corrected chi connectivity index (χ1v) is 6.31. The van der Waals surface area contributed by atoms with Crippen LogP contribution in [0.1, 0.15) is 17.2 Å². The third kappa shape index (κ3) is 1.86. The van der Waals surface area contributed by atoms with Crippen molar-refractivity contribution in [3.8, 4) is 0 Å². The molecule has 2 N–H and O–H groups in total. The van der Waals surface area contributed by atoms with E-state index in [9.17, 15) is 13.2 Å². The number of nitrogens with zero attached hydrogens (tertiary/aromatic N) is 1. The lowest BCUT2D eigenvalue weighted by Crippen LogP contribution is -2.27. The molecule has 0 saturated carbocycles. The van der Waals surface area contributed by atoms with Crippen molar-refractivity contribution in [2.75, 3.05) is 11.4 Å². The number of nitrogens with two attached hydrogens (primary N) is 1. The standard InChI is InChI=1S/C15H13F3N2/c16-12-6-10-11(14(17)15(12)18)8-20(13(10)7-19)9-4-2-1-3-5-9/h1-6,13H,7-8,19H2. The molecule has 1 unspecified atom stereocenters. The van der Waals surface area contributed by atoms with Crippen molar-refractivity contribution in [2.45, 2.75) is 12.6 Å². The highest BCUT2D eigenvalue weighted by Crippen LogP contribution is 2.39. The Morgan fingerprint density at radius 2 is 1.80 bits per heavy atom. The summed E-state index contributed by atoms with van der Waals surface area (Å²) in [6.45, 7) is 0.386. The summed E-state index contributed by atoms with van der Waals surface area (Å²) in [5, 5.41) is 0. The third-order valence-electron chi connectivity index (χ3n) is 3.67. The van der Waals surface area contributed by atoms with Gasteiger partial charge in [0.2, 0.25) is 0 Å². The number of fused-ring (bicyclic) bond motifs is 1. The summed E-state index contributed by atoms with van der Waals surface area (Å²) in [6, 6.07) is 9.99. The highest BCUT2D eigenvalue weighted by atomic mass is 19.2. The highest BCUT2D eigenvalue weighted by Gasteiger charge is 2.34. The Kier molecular flexibility index (Phi) is 3.14. The summed E-state index contributed by atoms with van der Waals surface area (Å²) in [6.07, 6.45) is 0. The molecule has 0 amide bonds. The largest absolute Gasteiger partial charge is 0.359 e. The van der Waals surface area contributed by atoms with E-state index in [2.05, 4.69) is 0 Å². The summed E-state index contributed by atoms with van der Waals surface area (Å²) >= 11 is 0. The number of hydrogen-bond acceptors (Lipinski definition) is 2. The Labute approximate surface area is 114 Å². The van der Waals surface area contributed by atoms with Gasteiger partial charge in [-0.05, 0) is 23.8 Å². The first kappa shape index (κ1) is 13.0. The maximum absolute atomic E-state index is 13.9. The molecule has 0 saturated heterocycles. The molecule has 0 spiro atoms. The van der Waals surface area contributed by atoms with Crippen molar-refractivity contribution < 1.29 is 13.2 Å². The summed E-state index contributed by atoms with van der Waals surface area (Å²) in [5.74, 6) is -3.71. The predicted molar refractivity (Wildman–Crippen MR) is 70.7 cm³/mol. The molecule has 5 heteroatoms. The number of halogens is 3. The molecule has 3 rings (SSSR count). The van der Waals surface area contributed by atoms with Crippen LogP contribution < -0.4 is 10.6 Å². The van der Waals surface area contributed by atoms with Gasteiger partial charge in [0.15, 0.2) is 17.5 Å². The van der Waals surface area contributed by atoms with Gasteiger partial charge in [0.25, 0.3) is 0 Å². The van der Waals surface area contributed by atoms with E-state index in [1.165, 1.54) is 0 Å². The molecule has 1 atom stereocenters. The van der Waals surface area contributed by atoms with Gasteiger partial charge >= 0.3 is 0 Å². The molecule has 0 aliphatic carbocycles. The molecule has 2 aromatic rings. The van der Waals surface area contributed by atoms with Gasteiger partial charge in [-0.25, -0.2) is 13.2 Å². The first-order chi connectivity index (χ1) is 9.63. The quantitative estimate of drug-likeness (QED) is 0.855. The summed E-state index contributed by atoms with van der Waals surface area (Å²) in [5.41, 5.74) is 7.19. The summed E-state index contributed by atoms with van der Waals surface area (Å²) in [7, 11) is 0. The summed E-state index contributed by atoms with van der Waals surface area (Å²) in [4.78, 5) is 1.85. The van der Waals surface area contributed by atoms with Gasteiger partial charge in [0.1, 0.15) is 0 Å². The zero-order valence-corrected chi connectivity index (χ0v) is 10.6. The molecule has 2 nitrogen and oxygen atoms in total. The molecule has 1 aliphatic rings. The Bertz CT molecular complexity index is 643. The molecule has 1 heterocycles. The number of benzene rings is 2. The first-order valence-electron chi connectivity index (χ1n) is 6.31. The van der Waals surface area contributed by atoms with Crippen LogP contribution in [0.2, 0.25) is 0 Å². The topological polar surface area (TPSA) is 29.3 Å². The van der Waals surface area contributed by atoms with E-state index in [4.69, 9.17) is 5.73 Å². The van der Waals surface area contributed by atoms with E-state index in [0.717, 1.165) is 11.8 Å². The van der Waals surface area contributed by atoms with Crippen LogP contribution in [-0.2, 0) is 6.54 Å². The zero-order chi connectivity index (χ0) is 14.3. The maximum Gasteiger partial charge on any atom is 0.194 e. The monoisotopic (exact) mass is 278 g/mol. The van der Waals surface area contributed by atoms with Crippen molar-refractivity contribution in [3.05, 3.63) is 65.0 Å². The minimum absolute atomic E-state index is 0.184. The van der Waals surface area contributed by atoms with E-state index in [-0.39, 0.29) is 24.7 Å². The second kappa shape index (κ2) is 4.83. The average Bonchev–Trinajstić information content (AvgIpc) is 2.84. The fourth-order valence-corrected chi connectivity index (χ4v) is 2.70. The highest BCUT2D eigenvalue weighted by molar-refractivity contribution is 5.55. The zero-order valence-electron chi connectivity index (χ0n) is 10.6. The molecule has 0 radical (unpaired) electrons. The van der Waals surface area contributed by atoms with Crippen molar-refractivity contribution in [2.24, 2.45) is 5.73 Å². The molecular weight excluding hydrogens is 265 g/mol. The van der Waals surface area contributed by atoms with Crippen LogP contribution in [-0.4, -0.2) is 6.54 Å². The molecular formula is C15H13F3N2. The van der Waals surface area contributed by atoms with E-state index >= 15 is 0 Å². The fourth-order valence-electron chi connectivity index (χ4n) is 2.70. The van der Waals surface area contributed by atoms with Gasteiger partial charge in [0, 0.05) is 24.3 Å². The molecule has 0 aromatic heterocycles. The van der Waals surface area contributed by atoms with Crippen LogP contribution in [0.5, 0.6) is 0 Å². The Hall–Kier alpha value is -2.01. The minimum atomic E-state index is -1.42. The van der Waals surface area contributed by atoms with Gasteiger partial charge in [-0.15, -0.1) is 0 Å². The normalized spacial score (nSPS) is 17.4.